The van der Waals surface area contributed by atoms with Crippen LogP contribution in [0, 0.1) is 13.8 Å². The molecule has 3 rings (SSSR count). The summed E-state index contributed by atoms with van der Waals surface area (Å²) in [7, 11) is 0. The monoisotopic (exact) mass is 368 g/mol. The van der Waals surface area contributed by atoms with Gasteiger partial charge < -0.3 is 4.74 Å². The first-order valence-electron chi connectivity index (χ1n) is 8.31. The molecule has 2 aromatic heterocycles. The summed E-state index contributed by atoms with van der Waals surface area (Å²) in [6.45, 7) is 5.96. The Labute approximate surface area is 156 Å². The number of ether oxygens (including phenoxy) is 1. The van der Waals surface area contributed by atoms with E-state index in [1.54, 1.807) is 36.5 Å². The van der Waals surface area contributed by atoms with Crippen molar-refractivity contribution in [3.8, 4) is 5.82 Å². The van der Waals surface area contributed by atoms with Crippen molar-refractivity contribution in [3.63, 3.8) is 0 Å². The highest BCUT2D eigenvalue weighted by Crippen LogP contribution is 2.22. The molecule has 6 nitrogen and oxygen atoms in total. The van der Waals surface area contributed by atoms with Gasteiger partial charge in [0.1, 0.15) is 16.9 Å². The third-order valence-corrected chi connectivity index (χ3v) is 4.72. The van der Waals surface area contributed by atoms with Gasteiger partial charge in [0.15, 0.2) is 5.82 Å². The molecule has 3 aromatic rings. The lowest BCUT2D eigenvalue weighted by atomic mass is 10.2. The molecule has 1 aromatic carbocycles. The zero-order chi connectivity index (χ0) is 18.5. The van der Waals surface area contributed by atoms with Crippen LogP contribution in [0.3, 0.4) is 0 Å². The molecule has 0 saturated heterocycles. The number of rotatable bonds is 6. The third kappa shape index (κ3) is 4.29. The van der Waals surface area contributed by atoms with Gasteiger partial charge >= 0.3 is 5.97 Å². The second-order valence-electron chi connectivity index (χ2n) is 5.79. The van der Waals surface area contributed by atoms with Crippen LogP contribution in [0.2, 0.25) is 0 Å². The predicted octanol–water partition coefficient (Wildman–Crippen LogP) is 3.75. The Morgan fingerprint density at radius 1 is 1.23 bits per heavy atom. The smallest absolute Gasteiger partial charge is 0.341 e. The second kappa shape index (κ2) is 8.14. The maximum Gasteiger partial charge on any atom is 0.341 e. The zero-order valence-corrected chi connectivity index (χ0v) is 15.8. The summed E-state index contributed by atoms with van der Waals surface area (Å²) in [5.41, 5.74) is 3.54. The number of aromatic nitrogens is 4. The van der Waals surface area contributed by atoms with E-state index in [1.807, 2.05) is 6.07 Å². The van der Waals surface area contributed by atoms with Gasteiger partial charge in [0.2, 0.25) is 0 Å². The quantitative estimate of drug-likeness (QED) is 0.375. The van der Waals surface area contributed by atoms with E-state index in [0.717, 1.165) is 10.8 Å². The van der Waals surface area contributed by atoms with Gasteiger partial charge in [-0.3, -0.25) is 0 Å². The number of benzene rings is 1. The lowest BCUT2D eigenvalue weighted by Crippen LogP contribution is -2.04. The fraction of sp³-hybridized carbons (Fsp3) is 0.263. The van der Waals surface area contributed by atoms with Gasteiger partial charge in [-0.15, -0.1) is 11.8 Å². The number of aryl methyl sites for hydroxylation is 2. The minimum absolute atomic E-state index is 0.330. The summed E-state index contributed by atoms with van der Waals surface area (Å²) < 4.78 is 6.63. The molecule has 0 aliphatic carbocycles. The first-order chi connectivity index (χ1) is 12.6. The van der Waals surface area contributed by atoms with Crippen LogP contribution >= 0.6 is 11.8 Å². The Balaban J connectivity index is 1.77. The van der Waals surface area contributed by atoms with Crippen molar-refractivity contribution in [2.24, 2.45) is 0 Å². The van der Waals surface area contributed by atoms with Gasteiger partial charge in [0.25, 0.3) is 0 Å². The van der Waals surface area contributed by atoms with Crippen LogP contribution in [0.1, 0.15) is 34.1 Å². The highest BCUT2D eigenvalue weighted by Gasteiger charge is 2.15. The molecule has 0 amide bonds. The highest BCUT2D eigenvalue weighted by molar-refractivity contribution is 7.98. The molecule has 0 unspecified atom stereocenters. The standard InChI is InChI=1S/C19H20N4O2S/c1-4-25-19(24)16-10-23(22-14(16)3)17-9-18(21-12-20-17)26-11-15-7-5-6-13(2)8-15/h5-10,12H,4,11H2,1-3H3. The largest absolute Gasteiger partial charge is 0.462 e. The molecule has 2 heterocycles. The Hall–Kier alpha value is -2.67. The molecule has 0 aliphatic heterocycles. The molecule has 7 heteroatoms. The summed E-state index contributed by atoms with van der Waals surface area (Å²) in [6.07, 6.45) is 3.15. The summed E-state index contributed by atoms with van der Waals surface area (Å²) in [5, 5.41) is 5.22. The maximum atomic E-state index is 12.0. The maximum absolute atomic E-state index is 12.0. The molecule has 0 fully saturated rings. The number of carbonyl (C=O) groups excluding carboxylic acids is 1. The molecule has 0 N–H and O–H groups in total. The van der Waals surface area contributed by atoms with Crippen molar-refractivity contribution in [1.82, 2.24) is 19.7 Å². The average molecular weight is 368 g/mol. The van der Waals surface area contributed by atoms with Crippen molar-refractivity contribution in [3.05, 3.63) is 65.2 Å². The fourth-order valence-electron chi connectivity index (χ4n) is 2.48. The van der Waals surface area contributed by atoms with Gasteiger partial charge in [-0.2, -0.15) is 5.10 Å². The minimum atomic E-state index is -0.376. The Kier molecular flexibility index (Phi) is 5.68. The summed E-state index contributed by atoms with van der Waals surface area (Å²) in [4.78, 5) is 20.5. The lowest BCUT2D eigenvalue weighted by Gasteiger charge is -2.04. The Bertz CT molecular complexity index is 923. The number of hydrogen-bond donors (Lipinski definition) is 0. The van der Waals surface area contributed by atoms with E-state index in [-0.39, 0.29) is 5.97 Å². The molecule has 0 spiro atoms. The van der Waals surface area contributed by atoms with Crippen molar-refractivity contribution in [2.45, 2.75) is 31.6 Å². The fourth-order valence-corrected chi connectivity index (χ4v) is 3.28. The number of esters is 1. The van der Waals surface area contributed by atoms with Crippen LogP contribution in [0.5, 0.6) is 0 Å². The molecule has 0 bridgehead atoms. The lowest BCUT2D eigenvalue weighted by molar-refractivity contribution is 0.0525. The SMILES string of the molecule is CCOC(=O)c1cn(-c2cc(SCc3cccc(C)c3)ncn2)nc1C. The normalized spacial score (nSPS) is 10.7. The Morgan fingerprint density at radius 3 is 2.85 bits per heavy atom. The van der Waals surface area contributed by atoms with Gasteiger partial charge in [-0.1, -0.05) is 29.8 Å². The number of thioether (sulfide) groups is 1. The van der Waals surface area contributed by atoms with E-state index in [4.69, 9.17) is 4.74 Å². The predicted molar refractivity (Wildman–Crippen MR) is 101 cm³/mol. The average Bonchev–Trinajstić information content (AvgIpc) is 3.02. The van der Waals surface area contributed by atoms with Gasteiger partial charge in [0, 0.05) is 18.0 Å². The first kappa shape index (κ1) is 18.1. The molecule has 0 atom stereocenters. The molecule has 134 valence electrons. The number of nitrogens with zero attached hydrogens (tertiary/aromatic N) is 4. The van der Waals surface area contributed by atoms with E-state index in [0.29, 0.717) is 23.7 Å². The highest BCUT2D eigenvalue weighted by atomic mass is 32.2. The minimum Gasteiger partial charge on any atom is -0.462 e. The molecule has 0 saturated carbocycles. The van der Waals surface area contributed by atoms with E-state index in [1.165, 1.54) is 17.5 Å². The van der Waals surface area contributed by atoms with E-state index < -0.39 is 0 Å². The van der Waals surface area contributed by atoms with Crippen LogP contribution in [0.25, 0.3) is 5.82 Å². The second-order valence-corrected chi connectivity index (χ2v) is 6.78. The van der Waals surface area contributed by atoms with Crippen molar-refractivity contribution < 1.29 is 9.53 Å². The first-order valence-corrected chi connectivity index (χ1v) is 9.29. The molecular formula is C19H20N4O2S. The number of hydrogen-bond acceptors (Lipinski definition) is 6. The van der Waals surface area contributed by atoms with Gasteiger partial charge in [-0.25, -0.2) is 19.4 Å². The van der Waals surface area contributed by atoms with Crippen molar-refractivity contribution in [2.75, 3.05) is 6.61 Å². The van der Waals surface area contributed by atoms with E-state index in [9.17, 15) is 4.79 Å². The van der Waals surface area contributed by atoms with Crippen molar-refractivity contribution in [1.29, 1.82) is 0 Å². The summed E-state index contributed by atoms with van der Waals surface area (Å²) in [6, 6.07) is 10.3. The van der Waals surface area contributed by atoms with Crippen LogP contribution in [0.4, 0.5) is 0 Å². The molecule has 0 aliphatic rings. The Morgan fingerprint density at radius 2 is 2.08 bits per heavy atom. The topological polar surface area (TPSA) is 69.9 Å². The summed E-state index contributed by atoms with van der Waals surface area (Å²) >= 11 is 1.63. The molecule has 26 heavy (non-hydrogen) atoms. The molecular weight excluding hydrogens is 348 g/mol. The van der Waals surface area contributed by atoms with E-state index in [2.05, 4.69) is 46.3 Å². The van der Waals surface area contributed by atoms with Crippen molar-refractivity contribution >= 4 is 17.7 Å². The summed E-state index contributed by atoms with van der Waals surface area (Å²) in [5.74, 6) is 1.06. The zero-order valence-electron chi connectivity index (χ0n) is 15.0. The van der Waals surface area contributed by atoms with Crippen LogP contribution in [-0.4, -0.2) is 32.3 Å². The third-order valence-electron chi connectivity index (χ3n) is 3.73. The van der Waals surface area contributed by atoms with Gasteiger partial charge in [-0.05, 0) is 26.3 Å². The van der Waals surface area contributed by atoms with Crippen LogP contribution in [0.15, 0.2) is 47.9 Å². The van der Waals surface area contributed by atoms with Crippen LogP contribution < -0.4 is 0 Å². The molecule has 0 radical (unpaired) electrons. The van der Waals surface area contributed by atoms with E-state index >= 15 is 0 Å². The van der Waals surface area contributed by atoms with Crippen LogP contribution in [-0.2, 0) is 10.5 Å². The van der Waals surface area contributed by atoms with Gasteiger partial charge in [0.05, 0.1) is 12.3 Å². The number of carbonyl (C=O) groups is 1.